The van der Waals surface area contributed by atoms with Gasteiger partial charge in [0.15, 0.2) is 0 Å². The number of hydrogen-bond acceptors (Lipinski definition) is 4. The molecule has 0 aliphatic heterocycles. The molecule has 0 fully saturated rings. The SMILES string of the molecule is Clc1cccc(Nc2c(-c3ccccc3)ccc(-n3c4ccccc4c4cc5c(cc43)c3ccccc3n5-c3ccc(-c4ccccc4)c(Nc4cccc(Cl)c4)c3Nc3ccccc3)c2Nc2ccccc2)c1. The van der Waals surface area contributed by atoms with Crippen LogP contribution in [-0.4, -0.2) is 9.13 Å². The number of nitrogens with one attached hydrogen (secondary N) is 4. The van der Waals surface area contributed by atoms with Crippen LogP contribution < -0.4 is 21.3 Å². The van der Waals surface area contributed by atoms with Crippen LogP contribution in [0.2, 0.25) is 10.0 Å². The van der Waals surface area contributed by atoms with Gasteiger partial charge in [-0.1, -0.05) is 181 Å². The Hall–Kier alpha value is -9.20. The van der Waals surface area contributed by atoms with Crippen molar-refractivity contribution in [1.82, 2.24) is 9.13 Å². The third-order valence-corrected chi connectivity index (χ3v) is 14.2. The molecule has 0 amide bonds. The highest BCUT2D eigenvalue weighted by Gasteiger charge is 2.25. The minimum atomic E-state index is 0.652. The molecule has 0 saturated carbocycles. The van der Waals surface area contributed by atoms with Crippen molar-refractivity contribution in [1.29, 1.82) is 0 Å². The van der Waals surface area contributed by atoms with Gasteiger partial charge in [-0.2, -0.15) is 0 Å². The molecule has 13 aromatic rings. The molecule has 13 rings (SSSR count). The van der Waals surface area contributed by atoms with Crippen LogP contribution in [0.15, 0.2) is 255 Å². The number of rotatable bonds is 12. The molecule has 2 heterocycles. The largest absolute Gasteiger partial charge is 0.353 e. The molecule has 0 unspecified atom stereocenters. The number of fused-ring (bicyclic) bond motifs is 6. The fraction of sp³-hybridized carbons (Fsp3) is 0. The van der Waals surface area contributed by atoms with Crippen LogP contribution in [0, 0.1) is 0 Å². The van der Waals surface area contributed by atoms with Crippen LogP contribution in [0.4, 0.5) is 45.5 Å². The topological polar surface area (TPSA) is 58.0 Å². The van der Waals surface area contributed by atoms with E-state index >= 15 is 0 Å². The van der Waals surface area contributed by atoms with Gasteiger partial charge in [-0.15, -0.1) is 0 Å². The van der Waals surface area contributed by atoms with E-state index in [1.165, 1.54) is 0 Å². The molecule has 354 valence electrons. The predicted octanol–water partition coefficient (Wildman–Crippen LogP) is 19.5. The van der Waals surface area contributed by atoms with Crippen LogP contribution in [-0.2, 0) is 0 Å². The van der Waals surface area contributed by atoms with Gasteiger partial charge in [-0.3, -0.25) is 0 Å². The normalized spacial score (nSPS) is 11.4. The van der Waals surface area contributed by atoms with E-state index in [0.29, 0.717) is 10.0 Å². The summed E-state index contributed by atoms with van der Waals surface area (Å²) in [6, 6.07) is 88.8. The van der Waals surface area contributed by atoms with Crippen LogP contribution in [0.25, 0.3) is 77.2 Å². The van der Waals surface area contributed by atoms with Crippen LogP contribution >= 0.6 is 23.2 Å². The van der Waals surface area contributed by atoms with Gasteiger partial charge in [0.1, 0.15) is 0 Å². The molecule has 2 aromatic heterocycles. The number of aromatic nitrogens is 2. The summed E-state index contributed by atoms with van der Waals surface area (Å²) in [5.74, 6) is 0. The Bertz CT molecular complexity index is 3940. The highest BCUT2D eigenvalue weighted by atomic mass is 35.5. The standard InChI is InChI=1S/C66H46Cl2N6/c67-45-23-17-29-49(39-45)71-63-51(43-19-5-1-6-20-43)35-37-59(65(63)69-47-25-9-3-10-26-47)73-57-33-15-13-31-53(57)55-42-62-56(41-61(55)73)54-32-14-16-34-58(54)74(62)60-38-36-52(44-21-7-2-8-22-44)64(72-50-30-18-24-46(68)40-50)66(60)70-48-27-11-4-12-28-48/h1-42,69-72H. The van der Waals surface area contributed by atoms with Crippen molar-refractivity contribution in [2.24, 2.45) is 0 Å². The molecule has 8 heteroatoms. The van der Waals surface area contributed by atoms with Gasteiger partial charge < -0.3 is 30.4 Å². The van der Waals surface area contributed by atoms with Gasteiger partial charge in [0.2, 0.25) is 0 Å². The lowest BCUT2D eigenvalue weighted by molar-refractivity contribution is 1.17. The number of nitrogens with zero attached hydrogens (tertiary/aromatic N) is 2. The minimum absolute atomic E-state index is 0.652. The summed E-state index contributed by atoms with van der Waals surface area (Å²) in [5, 5.41) is 21.4. The number of halogens is 2. The maximum absolute atomic E-state index is 6.66. The third kappa shape index (κ3) is 8.22. The first-order valence-corrected chi connectivity index (χ1v) is 25.4. The monoisotopic (exact) mass is 992 g/mol. The Balaban J connectivity index is 1.10. The van der Waals surface area contributed by atoms with Gasteiger partial charge in [-0.05, 0) is 108 Å². The van der Waals surface area contributed by atoms with E-state index in [0.717, 1.165) is 123 Å². The van der Waals surface area contributed by atoms with E-state index in [-0.39, 0.29) is 0 Å². The third-order valence-electron chi connectivity index (χ3n) is 13.8. The molecule has 0 radical (unpaired) electrons. The van der Waals surface area contributed by atoms with E-state index in [4.69, 9.17) is 23.2 Å². The van der Waals surface area contributed by atoms with Crippen molar-refractivity contribution in [3.63, 3.8) is 0 Å². The summed E-state index contributed by atoms with van der Waals surface area (Å²) in [4.78, 5) is 0. The number of para-hydroxylation sites is 4. The molecule has 0 atom stereocenters. The first kappa shape index (κ1) is 44.7. The van der Waals surface area contributed by atoms with Gasteiger partial charge in [0.25, 0.3) is 0 Å². The lowest BCUT2D eigenvalue weighted by Crippen LogP contribution is -2.06. The van der Waals surface area contributed by atoms with Crippen molar-refractivity contribution in [3.05, 3.63) is 265 Å². The number of hydrogen-bond donors (Lipinski definition) is 4. The molecule has 0 aliphatic carbocycles. The summed E-state index contributed by atoms with van der Waals surface area (Å²) in [6.45, 7) is 0. The molecule has 11 aromatic carbocycles. The Morgan fingerprint density at radius 1 is 0.257 bits per heavy atom. The van der Waals surface area contributed by atoms with Crippen molar-refractivity contribution in [3.8, 4) is 33.6 Å². The molecule has 0 saturated heterocycles. The van der Waals surface area contributed by atoms with E-state index in [1.54, 1.807) is 0 Å². The summed E-state index contributed by atoms with van der Waals surface area (Å²) in [5.41, 5.74) is 17.9. The molecule has 0 bridgehead atoms. The second-order valence-electron chi connectivity index (χ2n) is 18.3. The average molecular weight is 994 g/mol. The minimum Gasteiger partial charge on any atom is -0.353 e. The highest BCUT2D eigenvalue weighted by molar-refractivity contribution is 6.31. The maximum Gasteiger partial charge on any atom is 0.0874 e. The van der Waals surface area contributed by atoms with Crippen LogP contribution in [0.3, 0.4) is 0 Å². The van der Waals surface area contributed by atoms with E-state index in [2.05, 4.69) is 237 Å². The van der Waals surface area contributed by atoms with E-state index in [1.807, 2.05) is 48.5 Å². The van der Waals surface area contributed by atoms with Crippen molar-refractivity contribution in [2.45, 2.75) is 0 Å². The fourth-order valence-corrected chi connectivity index (χ4v) is 10.9. The van der Waals surface area contributed by atoms with Gasteiger partial charge in [0.05, 0.1) is 56.2 Å². The van der Waals surface area contributed by atoms with Crippen molar-refractivity contribution in [2.75, 3.05) is 21.3 Å². The van der Waals surface area contributed by atoms with E-state index in [9.17, 15) is 0 Å². The van der Waals surface area contributed by atoms with Gasteiger partial charge in [0, 0.05) is 65.5 Å². The number of anilines is 8. The molecule has 4 N–H and O–H groups in total. The Labute approximate surface area is 438 Å². The molecule has 0 aliphatic rings. The molecular formula is C66H46Cl2N6. The summed E-state index contributed by atoms with van der Waals surface area (Å²) in [7, 11) is 0. The van der Waals surface area contributed by atoms with Crippen molar-refractivity contribution < 1.29 is 0 Å². The number of benzene rings is 11. The van der Waals surface area contributed by atoms with E-state index < -0.39 is 0 Å². The summed E-state index contributed by atoms with van der Waals surface area (Å²) < 4.78 is 4.84. The second kappa shape index (κ2) is 19.1. The fourth-order valence-electron chi connectivity index (χ4n) is 10.5. The van der Waals surface area contributed by atoms with Gasteiger partial charge >= 0.3 is 0 Å². The lowest BCUT2D eigenvalue weighted by atomic mass is 10.00. The van der Waals surface area contributed by atoms with Gasteiger partial charge in [-0.25, -0.2) is 0 Å². The predicted molar refractivity (Wildman–Crippen MR) is 315 cm³/mol. The molecular weight excluding hydrogens is 948 g/mol. The Kier molecular flexibility index (Phi) is 11.5. The summed E-state index contributed by atoms with van der Waals surface area (Å²) >= 11 is 13.3. The average Bonchev–Trinajstić information content (AvgIpc) is 3.94. The lowest BCUT2D eigenvalue weighted by Gasteiger charge is -2.23. The highest BCUT2D eigenvalue weighted by Crippen LogP contribution is 2.48. The zero-order valence-corrected chi connectivity index (χ0v) is 41.4. The van der Waals surface area contributed by atoms with Crippen molar-refractivity contribution >= 4 is 112 Å². The molecule has 0 spiro atoms. The summed E-state index contributed by atoms with van der Waals surface area (Å²) in [6.07, 6.45) is 0. The second-order valence-corrected chi connectivity index (χ2v) is 19.2. The van der Waals surface area contributed by atoms with Crippen LogP contribution in [0.5, 0.6) is 0 Å². The first-order chi connectivity index (χ1) is 36.5. The van der Waals surface area contributed by atoms with Crippen LogP contribution in [0.1, 0.15) is 0 Å². The smallest absolute Gasteiger partial charge is 0.0874 e. The Morgan fingerprint density at radius 3 is 1.01 bits per heavy atom. The quantitative estimate of drug-likeness (QED) is 0.0985. The zero-order valence-electron chi connectivity index (χ0n) is 39.9. The first-order valence-electron chi connectivity index (χ1n) is 24.6. The molecule has 74 heavy (non-hydrogen) atoms. The maximum atomic E-state index is 6.66. The zero-order chi connectivity index (χ0) is 49.5. The Morgan fingerprint density at radius 2 is 0.608 bits per heavy atom. The molecule has 6 nitrogen and oxygen atoms in total.